The molecule has 5 heteroatoms. The number of aliphatic hydroxyl groups excluding tert-OH is 1. The number of aliphatic imine (C=N–C) groups is 1. The Bertz CT molecular complexity index is 373. The van der Waals surface area contributed by atoms with Gasteiger partial charge in [0.2, 0.25) is 0 Å². The van der Waals surface area contributed by atoms with Crippen LogP contribution in [0.15, 0.2) is 23.2 Å². The minimum atomic E-state index is -0.807. The van der Waals surface area contributed by atoms with Crippen LogP contribution in [-0.2, 0) is 0 Å². The van der Waals surface area contributed by atoms with Gasteiger partial charge in [-0.3, -0.25) is 4.99 Å². The van der Waals surface area contributed by atoms with Crippen LogP contribution in [-0.4, -0.2) is 22.7 Å². The lowest BCUT2D eigenvalue weighted by atomic mass is 10.1. The lowest BCUT2D eigenvalue weighted by molar-refractivity contribution is 0.187. The van der Waals surface area contributed by atoms with Gasteiger partial charge in [-0.25, -0.2) is 0 Å². The summed E-state index contributed by atoms with van der Waals surface area (Å²) in [5.74, 6) is 0.0848. The summed E-state index contributed by atoms with van der Waals surface area (Å²) in [4.78, 5) is 3.69. The first kappa shape index (κ1) is 11.3. The molecule has 15 heavy (non-hydrogen) atoms. The summed E-state index contributed by atoms with van der Waals surface area (Å²) in [7, 11) is 0. The highest BCUT2D eigenvalue weighted by Crippen LogP contribution is 2.22. The number of phenols is 1. The molecule has 82 valence electrons. The van der Waals surface area contributed by atoms with Crippen molar-refractivity contribution in [1.29, 1.82) is 0 Å². The van der Waals surface area contributed by atoms with E-state index >= 15 is 0 Å². The molecule has 1 rings (SSSR count). The maximum absolute atomic E-state index is 9.66. The summed E-state index contributed by atoms with van der Waals surface area (Å²) in [5, 5.41) is 19.1. The fraction of sp³-hybridized carbons (Fsp3) is 0.300. The minimum Gasteiger partial charge on any atom is -0.508 e. The van der Waals surface area contributed by atoms with Gasteiger partial charge in [0.15, 0.2) is 5.96 Å². The van der Waals surface area contributed by atoms with E-state index in [2.05, 4.69) is 4.99 Å². The molecule has 1 aromatic rings. The van der Waals surface area contributed by atoms with Crippen molar-refractivity contribution in [3.05, 3.63) is 29.3 Å². The molecule has 1 aromatic carbocycles. The fourth-order valence-corrected chi connectivity index (χ4v) is 1.13. The van der Waals surface area contributed by atoms with Crippen LogP contribution in [0.3, 0.4) is 0 Å². The Hall–Kier alpha value is -1.75. The van der Waals surface area contributed by atoms with Crippen molar-refractivity contribution < 1.29 is 10.2 Å². The molecule has 0 bridgehead atoms. The van der Waals surface area contributed by atoms with E-state index in [4.69, 9.17) is 11.5 Å². The van der Waals surface area contributed by atoms with E-state index in [0.717, 1.165) is 5.56 Å². The minimum absolute atomic E-state index is 0.0645. The number of rotatable bonds is 3. The van der Waals surface area contributed by atoms with Crippen molar-refractivity contribution >= 4 is 5.96 Å². The fourth-order valence-electron chi connectivity index (χ4n) is 1.13. The first-order valence-corrected chi connectivity index (χ1v) is 4.53. The van der Waals surface area contributed by atoms with Crippen molar-refractivity contribution in [2.45, 2.75) is 13.0 Å². The second kappa shape index (κ2) is 4.65. The van der Waals surface area contributed by atoms with Crippen LogP contribution in [0.2, 0.25) is 0 Å². The van der Waals surface area contributed by atoms with E-state index in [1.54, 1.807) is 19.1 Å². The van der Waals surface area contributed by atoms with E-state index < -0.39 is 6.10 Å². The summed E-state index contributed by atoms with van der Waals surface area (Å²) < 4.78 is 0. The molecule has 1 atom stereocenters. The average molecular weight is 209 g/mol. The molecule has 0 spiro atoms. The highest BCUT2D eigenvalue weighted by Gasteiger charge is 2.08. The smallest absolute Gasteiger partial charge is 0.186 e. The quantitative estimate of drug-likeness (QED) is 0.415. The normalized spacial score (nSPS) is 12.1. The lowest BCUT2D eigenvalue weighted by Gasteiger charge is -2.09. The molecular formula is C10H15N3O2. The monoisotopic (exact) mass is 209 g/mol. The van der Waals surface area contributed by atoms with E-state index in [1.807, 2.05) is 0 Å². The van der Waals surface area contributed by atoms with Crippen LogP contribution in [0.25, 0.3) is 0 Å². The van der Waals surface area contributed by atoms with E-state index in [0.29, 0.717) is 5.56 Å². The van der Waals surface area contributed by atoms with Gasteiger partial charge in [0.1, 0.15) is 5.75 Å². The molecular weight excluding hydrogens is 194 g/mol. The number of guanidine groups is 1. The van der Waals surface area contributed by atoms with Crippen molar-refractivity contribution in [2.75, 3.05) is 6.54 Å². The number of aryl methyl sites for hydroxylation is 1. The maximum Gasteiger partial charge on any atom is 0.186 e. The molecule has 0 aliphatic rings. The molecule has 0 heterocycles. The molecule has 6 N–H and O–H groups in total. The second-order valence-electron chi connectivity index (χ2n) is 3.33. The third kappa shape index (κ3) is 3.14. The number of aromatic hydroxyl groups is 1. The molecule has 0 fully saturated rings. The van der Waals surface area contributed by atoms with Gasteiger partial charge in [-0.15, -0.1) is 0 Å². The third-order valence-corrected chi connectivity index (χ3v) is 2.06. The molecule has 0 aliphatic heterocycles. The molecule has 0 amide bonds. The predicted octanol–water partition coefficient (Wildman–Crippen LogP) is 0.00742. The van der Waals surface area contributed by atoms with Crippen molar-refractivity contribution in [3.8, 4) is 5.75 Å². The number of phenolic OH excluding ortho intramolecular Hbond substituents is 1. The molecule has 5 nitrogen and oxygen atoms in total. The Kier molecular flexibility index (Phi) is 3.51. The molecule has 1 unspecified atom stereocenters. The highest BCUT2D eigenvalue weighted by atomic mass is 16.3. The van der Waals surface area contributed by atoms with Crippen molar-refractivity contribution in [3.63, 3.8) is 0 Å². The van der Waals surface area contributed by atoms with Gasteiger partial charge in [-0.2, -0.15) is 0 Å². The number of hydrogen-bond donors (Lipinski definition) is 4. The van der Waals surface area contributed by atoms with Gasteiger partial charge in [0.05, 0.1) is 12.6 Å². The summed E-state index contributed by atoms with van der Waals surface area (Å²) in [6.45, 7) is 1.87. The van der Waals surface area contributed by atoms with Crippen LogP contribution in [0.5, 0.6) is 5.75 Å². The predicted molar refractivity (Wildman–Crippen MR) is 58.5 cm³/mol. The number of benzene rings is 1. The zero-order valence-corrected chi connectivity index (χ0v) is 8.51. The van der Waals surface area contributed by atoms with E-state index in [1.165, 1.54) is 6.07 Å². The molecule has 0 saturated carbocycles. The molecule has 0 radical (unpaired) electrons. The zero-order valence-electron chi connectivity index (χ0n) is 8.51. The van der Waals surface area contributed by atoms with Crippen LogP contribution >= 0.6 is 0 Å². The molecule has 0 aliphatic carbocycles. The summed E-state index contributed by atoms with van der Waals surface area (Å²) >= 11 is 0. The summed E-state index contributed by atoms with van der Waals surface area (Å²) in [6, 6.07) is 4.95. The lowest BCUT2D eigenvalue weighted by Crippen LogP contribution is -2.23. The molecule has 0 aromatic heterocycles. The highest BCUT2D eigenvalue weighted by molar-refractivity contribution is 5.75. The SMILES string of the molecule is Cc1ccc(C(O)CN=C(N)N)cc1O. The number of nitrogens with two attached hydrogens (primary N) is 2. The first-order chi connectivity index (χ1) is 7.00. The van der Waals surface area contributed by atoms with E-state index in [-0.39, 0.29) is 18.3 Å². The third-order valence-electron chi connectivity index (χ3n) is 2.06. The second-order valence-corrected chi connectivity index (χ2v) is 3.33. The number of nitrogens with zero attached hydrogens (tertiary/aromatic N) is 1. The van der Waals surface area contributed by atoms with Gasteiger partial charge in [-0.05, 0) is 24.1 Å². The van der Waals surface area contributed by atoms with Gasteiger partial charge in [0, 0.05) is 0 Å². The van der Waals surface area contributed by atoms with Crippen molar-refractivity contribution in [2.24, 2.45) is 16.5 Å². The Labute approximate surface area is 88.1 Å². The van der Waals surface area contributed by atoms with Gasteiger partial charge in [0.25, 0.3) is 0 Å². The van der Waals surface area contributed by atoms with Gasteiger partial charge < -0.3 is 21.7 Å². The largest absolute Gasteiger partial charge is 0.508 e. The Morgan fingerprint density at radius 2 is 2.13 bits per heavy atom. The molecule has 0 saturated heterocycles. The zero-order chi connectivity index (χ0) is 11.4. The average Bonchev–Trinajstić information content (AvgIpc) is 2.18. The summed E-state index contributed by atoms with van der Waals surface area (Å²) in [5.41, 5.74) is 11.6. The number of hydrogen-bond acceptors (Lipinski definition) is 3. The topological polar surface area (TPSA) is 105 Å². The number of aliphatic hydroxyl groups is 1. The van der Waals surface area contributed by atoms with Crippen LogP contribution in [0.4, 0.5) is 0 Å². The summed E-state index contributed by atoms with van der Waals surface area (Å²) in [6.07, 6.45) is -0.807. The van der Waals surface area contributed by atoms with Crippen molar-refractivity contribution in [1.82, 2.24) is 0 Å². The van der Waals surface area contributed by atoms with Gasteiger partial charge in [-0.1, -0.05) is 12.1 Å². The van der Waals surface area contributed by atoms with Crippen LogP contribution < -0.4 is 11.5 Å². The van der Waals surface area contributed by atoms with Gasteiger partial charge >= 0.3 is 0 Å². The Morgan fingerprint density at radius 1 is 1.47 bits per heavy atom. The Balaban J connectivity index is 2.78. The Morgan fingerprint density at radius 3 is 2.67 bits per heavy atom. The maximum atomic E-state index is 9.66. The van der Waals surface area contributed by atoms with E-state index in [9.17, 15) is 10.2 Å². The van der Waals surface area contributed by atoms with Crippen LogP contribution in [0.1, 0.15) is 17.2 Å². The van der Waals surface area contributed by atoms with Crippen LogP contribution in [0, 0.1) is 6.92 Å². The standard InChI is InChI=1S/C10H15N3O2/c1-6-2-3-7(4-8(6)14)9(15)5-13-10(11)12/h2-4,9,14-15H,5H2,1H3,(H4,11,12,13). The first-order valence-electron chi connectivity index (χ1n) is 4.53.